The van der Waals surface area contributed by atoms with Gasteiger partial charge in [0.2, 0.25) is 0 Å². The smallest absolute Gasteiger partial charge is 0.264 e. The van der Waals surface area contributed by atoms with Crippen LogP contribution in [0.5, 0.6) is 0 Å². The number of benzene rings is 1. The quantitative estimate of drug-likeness (QED) is 0.902. The van der Waals surface area contributed by atoms with Crippen LogP contribution >= 0.6 is 0 Å². The van der Waals surface area contributed by atoms with Crippen LogP contribution in [0.2, 0.25) is 0 Å². The van der Waals surface area contributed by atoms with Crippen molar-refractivity contribution in [2.45, 2.75) is 18.4 Å². The molecule has 0 saturated carbocycles. The number of rotatable bonds is 4. The summed E-state index contributed by atoms with van der Waals surface area (Å²) in [5.41, 5.74) is 1.25. The van der Waals surface area contributed by atoms with Crippen LogP contribution in [0.25, 0.3) is 0 Å². The molecule has 0 radical (unpaired) electrons. The summed E-state index contributed by atoms with van der Waals surface area (Å²) in [6.45, 7) is 1.35. The molecule has 2 rings (SSSR count). The summed E-state index contributed by atoms with van der Waals surface area (Å²) in [5.74, 6) is -0.875. The van der Waals surface area contributed by atoms with Gasteiger partial charge < -0.3 is 5.11 Å². The Morgan fingerprint density at radius 1 is 1.30 bits per heavy atom. The highest BCUT2D eigenvalue weighted by Crippen LogP contribution is 2.20. The first-order valence-corrected chi connectivity index (χ1v) is 7.25. The third-order valence-electron chi connectivity index (χ3n) is 2.62. The molecule has 7 heteroatoms. The summed E-state index contributed by atoms with van der Waals surface area (Å²) < 4.78 is 40.2. The highest BCUT2D eigenvalue weighted by atomic mass is 32.2. The number of aromatic nitrogens is 1. The lowest BCUT2D eigenvalue weighted by Crippen LogP contribution is -2.15. The van der Waals surface area contributed by atoms with Gasteiger partial charge in [-0.1, -0.05) is 6.07 Å². The molecule has 2 aromatic rings. The molecule has 20 heavy (non-hydrogen) atoms. The van der Waals surface area contributed by atoms with Gasteiger partial charge in [-0.25, -0.2) is 12.8 Å². The van der Waals surface area contributed by atoms with Crippen LogP contribution in [0.3, 0.4) is 0 Å². The second-order valence-corrected chi connectivity index (χ2v) is 5.87. The number of hydrogen-bond donors (Lipinski definition) is 2. The first-order valence-electron chi connectivity index (χ1n) is 5.77. The molecule has 0 aliphatic carbocycles. The Bertz CT molecular complexity index is 732. The second kappa shape index (κ2) is 5.56. The number of aliphatic hydroxyl groups excluding tert-OH is 1. The summed E-state index contributed by atoms with van der Waals surface area (Å²) in [4.78, 5) is 3.44. The molecule has 0 bridgehead atoms. The molecule has 0 saturated heterocycles. The van der Waals surface area contributed by atoms with E-state index in [2.05, 4.69) is 9.71 Å². The van der Waals surface area contributed by atoms with E-state index >= 15 is 0 Å². The molecular formula is C13H13FN2O3S. The monoisotopic (exact) mass is 296 g/mol. The number of halogens is 1. The summed E-state index contributed by atoms with van der Waals surface area (Å²) in [6, 6.07) is 6.44. The van der Waals surface area contributed by atoms with Crippen LogP contribution in [-0.2, 0) is 16.6 Å². The van der Waals surface area contributed by atoms with Gasteiger partial charge in [0.1, 0.15) is 10.7 Å². The third kappa shape index (κ3) is 3.12. The molecule has 0 spiro atoms. The van der Waals surface area contributed by atoms with Crippen LogP contribution in [0.4, 0.5) is 10.1 Å². The predicted molar refractivity (Wildman–Crippen MR) is 72.1 cm³/mol. The highest BCUT2D eigenvalue weighted by Gasteiger charge is 2.19. The molecule has 5 nitrogen and oxygen atoms in total. The van der Waals surface area contributed by atoms with Crippen molar-refractivity contribution in [3.63, 3.8) is 0 Å². The maximum absolute atomic E-state index is 13.7. The van der Waals surface area contributed by atoms with Crippen LogP contribution < -0.4 is 4.72 Å². The van der Waals surface area contributed by atoms with E-state index in [-0.39, 0.29) is 6.61 Å². The maximum Gasteiger partial charge on any atom is 0.264 e. The molecule has 1 aromatic heterocycles. The van der Waals surface area contributed by atoms with Crippen molar-refractivity contribution in [2.75, 3.05) is 4.72 Å². The van der Waals surface area contributed by atoms with Crippen molar-refractivity contribution in [3.8, 4) is 0 Å². The van der Waals surface area contributed by atoms with E-state index in [1.165, 1.54) is 24.4 Å². The normalized spacial score (nSPS) is 11.3. The second-order valence-electron chi connectivity index (χ2n) is 4.21. The fourth-order valence-electron chi connectivity index (χ4n) is 1.67. The van der Waals surface area contributed by atoms with Gasteiger partial charge in [-0.2, -0.15) is 0 Å². The van der Waals surface area contributed by atoms with Gasteiger partial charge in [0.05, 0.1) is 12.3 Å². The number of sulfonamides is 1. The highest BCUT2D eigenvalue weighted by molar-refractivity contribution is 7.92. The van der Waals surface area contributed by atoms with Crippen molar-refractivity contribution < 1.29 is 17.9 Å². The molecule has 2 N–H and O–H groups in total. The number of aryl methyl sites for hydroxylation is 1. The van der Waals surface area contributed by atoms with Crippen molar-refractivity contribution >= 4 is 15.7 Å². The summed E-state index contributed by atoms with van der Waals surface area (Å²) in [5, 5.41) is 9.00. The molecule has 0 amide bonds. The Kier molecular flexibility index (Phi) is 4.01. The van der Waals surface area contributed by atoms with Crippen LogP contribution in [-0.4, -0.2) is 18.5 Å². The van der Waals surface area contributed by atoms with Gasteiger partial charge in [0.15, 0.2) is 0 Å². The Balaban J connectivity index is 2.40. The number of anilines is 1. The fourth-order valence-corrected chi connectivity index (χ4v) is 2.85. The Hall–Kier alpha value is -1.99. The standard InChI is InChI=1S/C13H13FN2O3S/c1-9-6-11(4-5-15-9)16-20(18,19)13-7-10(8-17)2-3-12(13)14/h2-7,17H,8H2,1H3,(H,15,16). The van der Waals surface area contributed by atoms with Gasteiger partial charge in [-0.05, 0) is 36.8 Å². The molecule has 0 fully saturated rings. The molecular weight excluding hydrogens is 283 g/mol. The van der Waals surface area contributed by atoms with Gasteiger partial charge >= 0.3 is 0 Å². The number of hydrogen-bond acceptors (Lipinski definition) is 4. The fraction of sp³-hybridized carbons (Fsp3) is 0.154. The Labute approximate surface area is 116 Å². The lowest BCUT2D eigenvalue weighted by atomic mass is 10.2. The van der Waals surface area contributed by atoms with E-state index in [1.54, 1.807) is 6.92 Å². The number of aliphatic hydroxyl groups is 1. The molecule has 1 aromatic carbocycles. The molecule has 0 unspecified atom stereocenters. The van der Waals surface area contributed by atoms with Gasteiger partial charge in [-0.15, -0.1) is 0 Å². The molecule has 0 aliphatic heterocycles. The van der Waals surface area contributed by atoms with E-state index < -0.39 is 20.7 Å². The largest absolute Gasteiger partial charge is 0.392 e. The van der Waals surface area contributed by atoms with E-state index in [0.29, 0.717) is 16.9 Å². The first kappa shape index (κ1) is 14.4. The van der Waals surface area contributed by atoms with E-state index in [1.807, 2.05) is 0 Å². The first-order chi connectivity index (χ1) is 9.42. The predicted octanol–water partition coefficient (Wildman–Crippen LogP) is 1.82. The molecule has 1 heterocycles. The lowest BCUT2D eigenvalue weighted by molar-refractivity contribution is 0.281. The average molecular weight is 296 g/mol. The molecule has 0 atom stereocenters. The summed E-state index contributed by atoms with van der Waals surface area (Å²) in [6.07, 6.45) is 1.45. The number of pyridine rings is 1. The third-order valence-corrected chi connectivity index (χ3v) is 4.01. The Morgan fingerprint density at radius 2 is 2.05 bits per heavy atom. The number of nitrogens with one attached hydrogen (secondary N) is 1. The van der Waals surface area contributed by atoms with E-state index in [4.69, 9.17) is 5.11 Å². The zero-order valence-electron chi connectivity index (χ0n) is 10.7. The SMILES string of the molecule is Cc1cc(NS(=O)(=O)c2cc(CO)ccc2F)ccn1. The minimum atomic E-state index is -4.06. The van der Waals surface area contributed by atoms with Gasteiger partial charge in [0.25, 0.3) is 10.0 Å². The summed E-state index contributed by atoms with van der Waals surface area (Å²) >= 11 is 0. The van der Waals surface area contributed by atoms with Crippen molar-refractivity contribution in [2.24, 2.45) is 0 Å². The van der Waals surface area contributed by atoms with E-state index in [0.717, 1.165) is 12.1 Å². The summed E-state index contributed by atoms with van der Waals surface area (Å²) in [7, 11) is -4.06. The van der Waals surface area contributed by atoms with Gasteiger partial charge in [0, 0.05) is 11.9 Å². The van der Waals surface area contributed by atoms with Crippen LogP contribution in [0.1, 0.15) is 11.3 Å². The zero-order chi connectivity index (χ0) is 14.8. The molecule has 0 aliphatic rings. The van der Waals surface area contributed by atoms with Gasteiger partial charge in [-0.3, -0.25) is 9.71 Å². The molecule has 106 valence electrons. The maximum atomic E-state index is 13.7. The minimum Gasteiger partial charge on any atom is -0.392 e. The van der Waals surface area contributed by atoms with Crippen molar-refractivity contribution in [1.82, 2.24) is 4.98 Å². The average Bonchev–Trinajstić information content (AvgIpc) is 2.38. The van der Waals surface area contributed by atoms with Crippen molar-refractivity contribution in [3.05, 3.63) is 53.6 Å². The van der Waals surface area contributed by atoms with Crippen molar-refractivity contribution in [1.29, 1.82) is 0 Å². The topological polar surface area (TPSA) is 79.3 Å². The minimum absolute atomic E-state index is 0.298. The van der Waals surface area contributed by atoms with E-state index in [9.17, 15) is 12.8 Å². The van der Waals surface area contributed by atoms with Crippen LogP contribution in [0.15, 0.2) is 41.4 Å². The Morgan fingerprint density at radius 3 is 2.70 bits per heavy atom. The number of nitrogens with zero attached hydrogens (tertiary/aromatic N) is 1. The van der Waals surface area contributed by atoms with Crippen LogP contribution in [0, 0.1) is 12.7 Å². The zero-order valence-corrected chi connectivity index (χ0v) is 11.5. The lowest BCUT2D eigenvalue weighted by Gasteiger charge is -2.10.